The molecule has 0 saturated carbocycles. The molecule has 1 unspecified atom stereocenters. The lowest BCUT2D eigenvalue weighted by Crippen LogP contribution is -2.24. The van der Waals surface area contributed by atoms with E-state index in [9.17, 15) is 4.57 Å². The van der Waals surface area contributed by atoms with Crippen LogP contribution in [0.2, 0.25) is 0 Å². The monoisotopic (exact) mass is 412 g/mol. The topological polar surface area (TPSA) is 94.5 Å². The summed E-state index contributed by atoms with van der Waals surface area (Å²) in [5.74, 6) is 0.855. The normalized spacial score (nSPS) is 13.0. The van der Waals surface area contributed by atoms with E-state index in [4.69, 9.17) is 24.0 Å². The highest BCUT2D eigenvalue weighted by molar-refractivity contribution is 7.46. The summed E-state index contributed by atoms with van der Waals surface area (Å²) >= 11 is 0. The van der Waals surface area contributed by atoms with E-state index in [-0.39, 0.29) is 19.3 Å². The molecule has 0 aliphatic rings. The highest BCUT2D eigenvalue weighted by atomic mass is 31.2. The Balaban J connectivity index is 1.76. The summed E-state index contributed by atoms with van der Waals surface area (Å²) in [4.78, 5) is 17.1. The molecule has 0 aliphatic heterocycles. The van der Waals surface area contributed by atoms with Crippen LogP contribution in [0.3, 0.4) is 0 Å². The number of rotatable bonds is 14. The Hall–Kier alpha value is -1.47. The number of hydrogen-bond acceptors (Lipinski definition) is 5. The second-order valence-electron chi connectivity index (χ2n) is 6.37. The minimum absolute atomic E-state index is 0.0521. The van der Waals surface area contributed by atoms with Crippen LogP contribution in [0.25, 0.3) is 10.8 Å². The summed E-state index contributed by atoms with van der Waals surface area (Å²) in [6, 6.07) is 14.2. The summed E-state index contributed by atoms with van der Waals surface area (Å²) in [6.45, 7) is 3.22. The zero-order chi connectivity index (χ0) is 20.2. The first-order chi connectivity index (χ1) is 13.5. The van der Waals surface area contributed by atoms with Crippen molar-refractivity contribution in [2.45, 2.75) is 32.3 Å². The minimum Gasteiger partial charge on any atom is -0.487 e. The molecule has 0 amide bonds. The number of phosphoric acid groups is 1. The van der Waals surface area contributed by atoms with Gasteiger partial charge in [0.2, 0.25) is 0 Å². The Bertz CT molecular complexity index is 741. The number of phosphoric ester groups is 1. The van der Waals surface area contributed by atoms with Crippen molar-refractivity contribution in [3.8, 4) is 5.75 Å². The SMILES string of the molecule is CCCCC(COCCOCCOP(=O)(O)O)Oc1cccc2ccccc12. The van der Waals surface area contributed by atoms with Crippen molar-refractivity contribution in [3.05, 3.63) is 42.5 Å². The summed E-state index contributed by atoms with van der Waals surface area (Å²) < 4.78 is 32.0. The van der Waals surface area contributed by atoms with Crippen LogP contribution in [0.1, 0.15) is 26.2 Å². The molecule has 7 nitrogen and oxygen atoms in total. The summed E-state index contributed by atoms with van der Waals surface area (Å²) in [6.07, 6.45) is 2.98. The van der Waals surface area contributed by atoms with Gasteiger partial charge in [-0.25, -0.2) is 4.57 Å². The van der Waals surface area contributed by atoms with Crippen LogP contribution in [0, 0.1) is 0 Å². The Morgan fingerprint density at radius 1 is 0.964 bits per heavy atom. The van der Waals surface area contributed by atoms with Crippen molar-refractivity contribution in [2.24, 2.45) is 0 Å². The zero-order valence-corrected chi connectivity index (χ0v) is 17.1. The number of hydrogen-bond donors (Lipinski definition) is 2. The molecule has 0 spiro atoms. The lowest BCUT2D eigenvalue weighted by atomic mass is 10.1. The molecule has 2 aromatic carbocycles. The van der Waals surface area contributed by atoms with Crippen LogP contribution < -0.4 is 4.74 Å². The first-order valence-corrected chi connectivity index (χ1v) is 11.0. The van der Waals surface area contributed by atoms with E-state index in [2.05, 4.69) is 29.6 Å². The molecule has 0 radical (unpaired) electrons. The number of benzene rings is 2. The number of fused-ring (bicyclic) bond motifs is 1. The van der Waals surface area contributed by atoms with Crippen LogP contribution in [0.5, 0.6) is 5.75 Å². The molecule has 0 saturated heterocycles. The van der Waals surface area contributed by atoms with Gasteiger partial charge in [0.15, 0.2) is 0 Å². The lowest BCUT2D eigenvalue weighted by molar-refractivity contribution is 0.00264. The molecular weight excluding hydrogens is 383 g/mol. The van der Waals surface area contributed by atoms with Crippen molar-refractivity contribution in [2.75, 3.05) is 33.0 Å². The molecule has 0 bridgehead atoms. The maximum absolute atomic E-state index is 10.5. The van der Waals surface area contributed by atoms with Gasteiger partial charge in [-0.2, -0.15) is 0 Å². The second kappa shape index (κ2) is 12.2. The maximum atomic E-state index is 10.5. The highest BCUT2D eigenvalue weighted by Gasteiger charge is 2.14. The maximum Gasteiger partial charge on any atom is 0.469 e. The van der Waals surface area contributed by atoms with Crippen molar-refractivity contribution in [1.82, 2.24) is 0 Å². The standard InChI is InChI=1S/C20H29O7P/c1-2-3-9-18(16-25-13-12-24-14-15-26-28(21,22)23)27-20-11-6-8-17-7-4-5-10-19(17)20/h4-8,10-11,18H,2-3,9,12-16H2,1H3,(H2,21,22,23). The van der Waals surface area contributed by atoms with Crippen molar-refractivity contribution in [1.29, 1.82) is 0 Å². The highest BCUT2D eigenvalue weighted by Crippen LogP contribution is 2.35. The van der Waals surface area contributed by atoms with Gasteiger partial charge in [-0.15, -0.1) is 0 Å². The van der Waals surface area contributed by atoms with Crippen LogP contribution in [0.15, 0.2) is 42.5 Å². The predicted molar refractivity (Wildman–Crippen MR) is 108 cm³/mol. The Morgan fingerprint density at radius 3 is 2.46 bits per heavy atom. The molecule has 28 heavy (non-hydrogen) atoms. The van der Waals surface area contributed by atoms with Crippen molar-refractivity contribution in [3.63, 3.8) is 0 Å². The van der Waals surface area contributed by atoms with Gasteiger partial charge in [0.1, 0.15) is 11.9 Å². The van der Waals surface area contributed by atoms with E-state index in [1.165, 1.54) is 0 Å². The van der Waals surface area contributed by atoms with Crippen LogP contribution in [0.4, 0.5) is 0 Å². The van der Waals surface area contributed by atoms with Crippen LogP contribution in [-0.4, -0.2) is 48.9 Å². The van der Waals surface area contributed by atoms with Crippen molar-refractivity contribution >= 4 is 18.6 Å². The molecular formula is C20H29O7P. The largest absolute Gasteiger partial charge is 0.487 e. The first kappa shape index (κ1) is 22.8. The fraction of sp³-hybridized carbons (Fsp3) is 0.500. The van der Waals surface area contributed by atoms with Gasteiger partial charge < -0.3 is 24.0 Å². The molecule has 8 heteroatoms. The number of ether oxygens (including phenoxy) is 3. The average molecular weight is 412 g/mol. The van der Waals surface area contributed by atoms with E-state index >= 15 is 0 Å². The third-order valence-electron chi connectivity index (χ3n) is 4.09. The quantitative estimate of drug-likeness (QED) is 0.359. The molecule has 1 atom stereocenters. The summed E-state index contributed by atoms with van der Waals surface area (Å²) in [5.41, 5.74) is 0. The number of unbranched alkanes of at least 4 members (excludes halogenated alkanes) is 1. The average Bonchev–Trinajstić information content (AvgIpc) is 2.67. The van der Waals surface area contributed by atoms with E-state index in [1.807, 2.05) is 24.3 Å². The summed E-state index contributed by atoms with van der Waals surface area (Å²) in [5, 5.41) is 2.22. The van der Waals surface area contributed by atoms with Crippen LogP contribution in [-0.2, 0) is 18.6 Å². The van der Waals surface area contributed by atoms with Gasteiger partial charge in [-0.3, -0.25) is 4.52 Å². The summed E-state index contributed by atoms with van der Waals surface area (Å²) in [7, 11) is -4.43. The van der Waals surface area contributed by atoms with Gasteiger partial charge in [-0.05, 0) is 24.3 Å². The van der Waals surface area contributed by atoms with Gasteiger partial charge in [0.25, 0.3) is 0 Å². The van der Waals surface area contributed by atoms with E-state index < -0.39 is 7.82 Å². The van der Waals surface area contributed by atoms with Crippen molar-refractivity contribution < 1.29 is 33.1 Å². The second-order valence-corrected chi connectivity index (χ2v) is 7.61. The molecule has 0 heterocycles. The predicted octanol–water partition coefficient (Wildman–Crippen LogP) is 3.92. The molecule has 0 aliphatic carbocycles. The van der Waals surface area contributed by atoms with Gasteiger partial charge in [-0.1, -0.05) is 49.7 Å². The molecule has 2 aromatic rings. The Kier molecular flexibility index (Phi) is 9.92. The minimum atomic E-state index is -4.43. The fourth-order valence-electron chi connectivity index (χ4n) is 2.74. The third-order valence-corrected chi connectivity index (χ3v) is 4.60. The molecule has 2 N–H and O–H groups in total. The molecule has 2 rings (SSSR count). The van der Waals surface area contributed by atoms with Gasteiger partial charge in [0, 0.05) is 5.39 Å². The lowest BCUT2D eigenvalue weighted by Gasteiger charge is -2.20. The van der Waals surface area contributed by atoms with E-state index in [0.717, 1.165) is 35.8 Å². The molecule has 156 valence electrons. The molecule has 0 fully saturated rings. The fourth-order valence-corrected chi connectivity index (χ4v) is 3.05. The van der Waals surface area contributed by atoms with Crippen LogP contribution >= 0.6 is 7.82 Å². The Morgan fingerprint density at radius 2 is 1.68 bits per heavy atom. The van der Waals surface area contributed by atoms with E-state index in [1.54, 1.807) is 0 Å². The zero-order valence-electron chi connectivity index (χ0n) is 16.2. The van der Waals surface area contributed by atoms with Gasteiger partial charge >= 0.3 is 7.82 Å². The third kappa shape index (κ3) is 8.69. The first-order valence-electron chi connectivity index (χ1n) is 9.49. The Labute approximate surface area is 165 Å². The smallest absolute Gasteiger partial charge is 0.469 e. The molecule has 0 aromatic heterocycles. The van der Waals surface area contributed by atoms with Gasteiger partial charge in [0.05, 0.1) is 33.0 Å². The van der Waals surface area contributed by atoms with E-state index in [0.29, 0.717) is 19.8 Å².